The highest BCUT2D eigenvalue weighted by Crippen LogP contribution is 2.19. The van der Waals surface area contributed by atoms with Crippen molar-refractivity contribution in [2.45, 2.75) is 0 Å². The van der Waals surface area contributed by atoms with Crippen LogP contribution in [0.15, 0.2) is 36.4 Å². The molecule has 0 aliphatic rings. The van der Waals surface area contributed by atoms with Gasteiger partial charge in [0.05, 0.1) is 0 Å². The zero-order valence-corrected chi connectivity index (χ0v) is 8.54. The molecule has 0 fully saturated rings. The SMILES string of the molecule is Nc1nc(O)nc(N)c1N.c1ccccc1. The molecule has 1 aromatic heterocycles. The number of nitrogen functional groups attached to an aromatic ring is 3. The molecule has 0 saturated carbocycles. The van der Waals surface area contributed by atoms with Gasteiger partial charge < -0.3 is 22.3 Å². The van der Waals surface area contributed by atoms with E-state index in [1.807, 2.05) is 36.4 Å². The fourth-order valence-corrected chi connectivity index (χ4v) is 0.877. The Morgan fingerprint density at radius 3 is 1.38 bits per heavy atom. The Balaban J connectivity index is 0.000000181. The first-order valence-corrected chi connectivity index (χ1v) is 4.48. The maximum absolute atomic E-state index is 8.68. The lowest BCUT2D eigenvalue weighted by Gasteiger charge is -2.00. The first kappa shape index (κ1) is 11.6. The lowest BCUT2D eigenvalue weighted by atomic mass is 10.4. The Kier molecular flexibility index (Phi) is 3.90. The van der Waals surface area contributed by atoms with Gasteiger partial charge in [0.15, 0.2) is 11.6 Å². The zero-order chi connectivity index (χ0) is 12.0. The minimum absolute atomic E-state index is 0.00926. The summed E-state index contributed by atoms with van der Waals surface area (Å²) in [6.45, 7) is 0. The second-order valence-electron chi connectivity index (χ2n) is 2.86. The number of benzene rings is 1. The highest BCUT2D eigenvalue weighted by Gasteiger charge is 2.03. The van der Waals surface area contributed by atoms with Crippen molar-refractivity contribution in [1.82, 2.24) is 9.97 Å². The zero-order valence-electron chi connectivity index (χ0n) is 8.54. The van der Waals surface area contributed by atoms with Crippen molar-refractivity contribution in [3.63, 3.8) is 0 Å². The van der Waals surface area contributed by atoms with Crippen LogP contribution in [-0.4, -0.2) is 15.1 Å². The van der Waals surface area contributed by atoms with Gasteiger partial charge in [-0.25, -0.2) is 0 Å². The van der Waals surface area contributed by atoms with Crippen molar-refractivity contribution in [1.29, 1.82) is 0 Å². The van der Waals surface area contributed by atoms with Crippen LogP contribution >= 0.6 is 0 Å². The molecule has 1 heterocycles. The molecule has 2 aromatic rings. The maximum Gasteiger partial charge on any atom is 0.317 e. The molecule has 6 heteroatoms. The normalized spacial score (nSPS) is 9.00. The van der Waals surface area contributed by atoms with Gasteiger partial charge in [-0.15, -0.1) is 0 Å². The topological polar surface area (TPSA) is 124 Å². The van der Waals surface area contributed by atoms with Crippen LogP contribution in [0.5, 0.6) is 6.01 Å². The lowest BCUT2D eigenvalue weighted by molar-refractivity contribution is 0.433. The standard InChI is InChI=1S/C6H6.C4H7N5O/c1-2-4-6-5-3-1;5-1-2(6)8-4(10)9-3(1)7/h1-6H;5H2,(H5,6,7,8,9,10). The predicted molar refractivity (Wildman–Crippen MR) is 63.4 cm³/mol. The molecule has 84 valence electrons. The molecule has 0 aliphatic carbocycles. The summed E-state index contributed by atoms with van der Waals surface area (Å²) >= 11 is 0. The Labute approximate surface area is 92.7 Å². The number of aromatic nitrogens is 2. The van der Waals surface area contributed by atoms with E-state index in [1.165, 1.54) is 0 Å². The van der Waals surface area contributed by atoms with Crippen LogP contribution in [0.25, 0.3) is 0 Å². The Bertz CT molecular complexity index is 397. The molecular formula is C10H13N5O. The third kappa shape index (κ3) is 3.33. The number of hydrogen-bond donors (Lipinski definition) is 4. The van der Waals surface area contributed by atoms with Crippen LogP contribution in [-0.2, 0) is 0 Å². The summed E-state index contributed by atoms with van der Waals surface area (Å²) in [5, 5.41) is 8.68. The van der Waals surface area contributed by atoms with E-state index in [9.17, 15) is 0 Å². The molecule has 0 aliphatic heterocycles. The van der Waals surface area contributed by atoms with Crippen LogP contribution in [0.4, 0.5) is 17.3 Å². The third-order valence-electron chi connectivity index (χ3n) is 1.66. The highest BCUT2D eigenvalue weighted by atomic mass is 16.3. The van der Waals surface area contributed by atoms with Crippen LogP contribution in [0.2, 0.25) is 0 Å². The first-order valence-electron chi connectivity index (χ1n) is 4.48. The lowest BCUT2D eigenvalue weighted by Crippen LogP contribution is -2.04. The van der Waals surface area contributed by atoms with Crippen molar-refractivity contribution >= 4 is 17.3 Å². The van der Waals surface area contributed by atoms with Gasteiger partial charge in [0.25, 0.3) is 0 Å². The van der Waals surface area contributed by atoms with Crippen LogP contribution in [0, 0.1) is 0 Å². The number of hydrogen-bond acceptors (Lipinski definition) is 6. The summed E-state index contributed by atoms with van der Waals surface area (Å²) in [6, 6.07) is 11.5. The van der Waals surface area contributed by atoms with E-state index in [0.717, 1.165) is 0 Å². The van der Waals surface area contributed by atoms with Crippen molar-refractivity contribution in [2.75, 3.05) is 17.2 Å². The molecule has 0 unspecified atom stereocenters. The summed E-state index contributed by atoms with van der Waals surface area (Å²) in [6.07, 6.45) is 0. The second kappa shape index (κ2) is 5.40. The Morgan fingerprint density at radius 1 is 0.750 bits per heavy atom. The monoisotopic (exact) mass is 219 g/mol. The van der Waals surface area contributed by atoms with Crippen molar-refractivity contribution in [3.05, 3.63) is 36.4 Å². The average Bonchev–Trinajstić information content (AvgIpc) is 2.29. The Hall–Kier alpha value is -2.50. The number of nitrogens with zero attached hydrogens (tertiary/aromatic N) is 2. The van der Waals surface area contributed by atoms with E-state index in [-0.39, 0.29) is 17.3 Å². The van der Waals surface area contributed by atoms with Crippen LogP contribution in [0.1, 0.15) is 0 Å². The smallest absolute Gasteiger partial charge is 0.317 e. The van der Waals surface area contributed by atoms with Crippen LogP contribution < -0.4 is 17.2 Å². The summed E-state index contributed by atoms with van der Waals surface area (Å²) in [5.74, 6) is -0.0185. The van der Waals surface area contributed by atoms with Gasteiger partial charge in [-0.1, -0.05) is 36.4 Å². The van der Waals surface area contributed by atoms with E-state index >= 15 is 0 Å². The minimum atomic E-state index is -0.468. The van der Waals surface area contributed by atoms with Gasteiger partial charge in [0.1, 0.15) is 5.69 Å². The molecule has 1 aromatic carbocycles. The summed E-state index contributed by atoms with van der Waals surface area (Å²) in [5.41, 5.74) is 15.8. The van der Waals surface area contributed by atoms with E-state index < -0.39 is 6.01 Å². The van der Waals surface area contributed by atoms with Crippen LogP contribution in [0.3, 0.4) is 0 Å². The molecule has 0 saturated heterocycles. The molecule has 0 radical (unpaired) electrons. The summed E-state index contributed by atoms with van der Waals surface area (Å²) in [4.78, 5) is 6.70. The minimum Gasteiger partial charge on any atom is -0.479 e. The van der Waals surface area contributed by atoms with Gasteiger partial charge in [0, 0.05) is 0 Å². The van der Waals surface area contributed by atoms with Crippen molar-refractivity contribution in [3.8, 4) is 6.01 Å². The summed E-state index contributed by atoms with van der Waals surface area (Å²) < 4.78 is 0. The average molecular weight is 219 g/mol. The van der Waals surface area contributed by atoms with E-state index in [0.29, 0.717) is 0 Å². The Morgan fingerprint density at radius 2 is 1.06 bits per heavy atom. The largest absolute Gasteiger partial charge is 0.479 e. The van der Waals surface area contributed by atoms with Crippen molar-refractivity contribution < 1.29 is 5.11 Å². The van der Waals surface area contributed by atoms with Gasteiger partial charge in [-0.3, -0.25) is 0 Å². The quantitative estimate of drug-likeness (QED) is 0.514. The summed E-state index contributed by atoms with van der Waals surface area (Å²) in [7, 11) is 0. The molecule has 6 nitrogen and oxygen atoms in total. The van der Waals surface area contributed by atoms with Crippen molar-refractivity contribution in [2.24, 2.45) is 0 Å². The van der Waals surface area contributed by atoms with E-state index in [2.05, 4.69) is 9.97 Å². The van der Waals surface area contributed by atoms with Gasteiger partial charge >= 0.3 is 6.01 Å². The second-order valence-corrected chi connectivity index (χ2v) is 2.86. The van der Waals surface area contributed by atoms with Gasteiger partial charge in [0.2, 0.25) is 0 Å². The van der Waals surface area contributed by atoms with E-state index in [1.54, 1.807) is 0 Å². The molecule has 0 atom stereocenters. The maximum atomic E-state index is 8.68. The number of rotatable bonds is 0. The first-order chi connectivity index (χ1) is 7.61. The number of nitrogens with two attached hydrogens (primary N) is 3. The number of anilines is 3. The fourth-order valence-electron chi connectivity index (χ4n) is 0.877. The molecule has 0 amide bonds. The molecule has 16 heavy (non-hydrogen) atoms. The number of aromatic hydroxyl groups is 1. The predicted octanol–water partition coefficient (Wildman–Crippen LogP) is 0.615. The molecule has 0 spiro atoms. The molecule has 7 N–H and O–H groups in total. The molecule has 2 rings (SSSR count). The third-order valence-corrected chi connectivity index (χ3v) is 1.66. The van der Waals surface area contributed by atoms with Gasteiger partial charge in [-0.05, 0) is 0 Å². The molecular weight excluding hydrogens is 206 g/mol. The van der Waals surface area contributed by atoms with Gasteiger partial charge in [-0.2, -0.15) is 9.97 Å². The van der Waals surface area contributed by atoms with E-state index in [4.69, 9.17) is 22.3 Å². The molecule has 0 bridgehead atoms. The highest BCUT2D eigenvalue weighted by molar-refractivity contribution is 5.70. The fraction of sp³-hybridized carbons (Fsp3) is 0.